The molecule has 0 aliphatic rings. The molecule has 3 nitrogen and oxygen atoms in total. The van der Waals surface area contributed by atoms with Crippen molar-refractivity contribution in [3.63, 3.8) is 0 Å². The quantitative estimate of drug-likeness (QED) is 0.749. The highest BCUT2D eigenvalue weighted by atomic mass is 16.2. The number of hydrogen-bond donors (Lipinski definition) is 2. The van der Waals surface area contributed by atoms with Crippen LogP contribution >= 0.6 is 0 Å². The van der Waals surface area contributed by atoms with Gasteiger partial charge in [-0.2, -0.15) is 0 Å². The molecule has 19 heavy (non-hydrogen) atoms. The van der Waals surface area contributed by atoms with Gasteiger partial charge in [-0.15, -0.1) is 0 Å². The summed E-state index contributed by atoms with van der Waals surface area (Å²) < 4.78 is 0. The van der Waals surface area contributed by atoms with E-state index in [9.17, 15) is 0 Å². The summed E-state index contributed by atoms with van der Waals surface area (Å²) in [5.74, 6) is 0.939. The number of nitrogens with one attached hydrogen (secondary N) is 1. The van der Waals surface area contributed by atoms with Crippen LogP contribution in [0.5, 0.6) is 0 Å². The van der Waals surface area contributed by atoms with Crippen LogP contribution in [0.25, 0.3) is 22.2 Å². The molecule has 0 bridgehead atoms. The maximum atomic E-state index is 8.85. The number of rotatable bonds is 4. The summed E-state index contributed by atoms with van der Waals surface area (Å²) in [5.41, 5.74) is 4.42. The molecule has 3 heteroatoms. The number of nitrogens with zero attached hydrogens (tertiary/aromatic N) is 1. The smallest absolute Gasteiger partial charge is 0.107 e. The van der Waals surface area contributed by atoms with Crippen molar-refractivity contribution in [3.05, 3.63) is 54.4 Å². The summed E-state index contributed by atoms with van der Waals surface area (Å²) in [4.78, 5) is 7.84. The molecule has 96 valence electrons. The lowest BCUT2D eigenvalue weighted by Crippen LogP contribution is -1.90. The van der Waals surface area contributed by atoms with Gasteiger partial charge in [-0.25, -0.2) is 4.98 Å². The van der Waals surface area contributed by atoms with E-state index < -0.39 is 0 Å². The van der Waals surface area contributed by atoms with Crippen molar-refractivity contribution in [1.29, 1.82) is 0 Å². The Labute approximate surface area is 111 Å². The third-order valence-corrected chi connectivity index (χ3v) is 3.21. The predicted molar refractivity (Wildman–Crippen MR) is 76.9 cm³/mol. The molecule has 0 aliphatic heterocycles. The Bertz CT molecular complexity index is 674. The monoisotopic (exact) mass is 252 g/mol. The van der Waals surface area contributed by atoms with Crippen LogP contribution in [0.15, 0.2) is 48.5 Å². The van der Waals surface area contributed by atoms with E-state index in [1.165, 1.54) is 11.1 Å². The lowest BCUT2D eigenvalue weighted by Gasteiger charge is -2.00. The summed E-state index contributed by atoms with van der Waals surface area (Å²) in [6, 6.07) is 16.6. The Morgan fingerprint density at radius 2 is 1.84 bits per heavy atom. The van der Waals surface area contributed by atoms with Gasteiger partial charge in [0, 0.05) is 13.0 Å². The SMILES string of the molecule is OCCCc1nc2ccc(-c3ccccc3)cc2[nH]1. The van der Waals surface area contributed by atoms with E-state index >= 15 is 0 Å². The largest absolute Gasteiger partial charge is 0.396 e. The molecule has 0 saturated heterocycles. The van der Waals surface area contributed by atoms with Crippen molar-refractivity contribution in [2.45, 2.75) is 12.8 Å². The highest BCUT2D eigenvalue weighted by molar-refractivity contribution is 5.81. The number of H-pyrrole nitrogens is 1. The van der Waals surface area contributed by atoms with Crippen LogP contribution in [-0.2, 0) is 6.42 Å². The van der Waals surface area contributed by atoms with E-state index in [0.717, 1.165) is 29.7 Å². The number of aromatic amines is 1. The second-order valence-electron chi connectivity index (χ2n) is 4.61. The topological polar surface area (TPSA) is 48.9 Å². The Kier molecular flexibility index (Phi) is 3.29. The Morgan fingerprint density at radius 1 is 1.00 bits per heavy atom. The molecule has 0 aliphatic carbocycles. The third kappa shape index (κ3) is 2.51. The average molecular weight is 252 g/mol. The van der Waals surface area contributed by atoms with Crippen LogP contribution in [0.3, 0.4) is 0 Å². The Hall–Kier alpha value is -2.13. The van der Waals surface area contributed by atoms with E-state index in [-0.39, 0.29) is 6.61 Å². The lowest BCUT2D eigenvalue weighted by atomic mass is 10.1. The van der Waals surface area contributed by atoms with Crippen LogP contribution in [0.1, 0.15) is 12.2 Å². The number of aromatic nitrogens is 2. The van der Waals surface area contributed by atoms with Crippen LogP contribution < -0.4 is 0 Å². The zero-order valence-electron chi connectivity index (χ0n) is 10.6. The van der Waals surface area contributed by atoms with Gasteiger partial charge in [0.1, 0.15) is 5.82 Å². The number of hydrogen-bond acceptors (Lipinski definition) is 2. The Balaban J connectivity index is 1.97. The first-order valence-electron chi connectivity index (χ1n) is 6.52. The van der Waals surface area contributed by atoms with Crippen molar-refractivity contribution < 1.29 is 5.11 Å². The van der Waals surface area contributed by atoms with Crippen LogP contribution in [0.4, 0.5) is 0 Å². The number of fused-ring (bicyclic) bond motifs is 1. The third-order valence-electron chi connectivity index (χ3n) is 3.21. The minimum absolute atomic E-state index is 0.201. The zero-order chi connectivity index (χ0) is 13.1. The maximum absolute atomic E-state index is 8.85. The fourth-order valence-electron chi connectivity index (χ4n) is 2.24. The van der Waals surface area contributed by atoms with Crippen molar-refractivity contribution in [3.8, 4) is 11.1 Å². The second kappa shape index (κ2) is 5.24. The molecule has 0 spiro atoms. The minimum atomic E-state index is 0.201. The predicted octanol–water partition coefficient (Wildman–Crippen LogP) is 3.15. The summed E-state index contributed by atoms with van der Waals surface area (Å²) in [5, 5.41) is 8.85. The summed E-state index contributed by atoms with van der Waals surface area (Å²) in [7, 11) is 0. The lowest BCUT2D eigenvalue weighted by molar-refractivity contribution is 0.287. The fourth-order valence-corrected chi connectivity index (χ4v) is 2.24. The molecule has 0 atom stereocenters. The van der Waals surface area contributed by atoms with Crippen LogP contribution in [0.2, 0.25) is 0 Å². The average Bonchev–Trinajstić information content (AvgIpc) is 2.87. The molecular weight excluding hydrogens is 236 g/mol. The van der Waals surface area contributed by atoms with E-state index in [0.29, 0.717) is 0 Å². The van der Waals surface area contributed by atoms with E-state index in [2.05, 4.69) is 34.2 Å². The number of aliphatic hydroxyl groups excluding tert-OH is 1. The summed E-state index contributed by atoms with van der Waals surface area (Å²) >= 11 is 0. The summed E-state index contributed by atoms with van der Waals surface area (Å²) in [6.45, 7) is 0.201. The van der Waals surface area contributed by atoms with Gasteiger partial charge in [-0.05, 0) is 29.7 Å². The van der Waals surface area contributed by atoms with Gasteiger partial charge >= 0.3 is 0 Å². The van der Waals surface area contributed by atoms with Gasteiger partial charge < -0.3 is 10.1 Å². The van der Waals surface area contributed by atoms with Gasteiger partial charge in [-0.1, -0.05) is 36.4 Å². The number of aryl methyl sites for hydroxylation is 1. The molecule has 0 saturated carbocycles. The number of aliphatic hydroxyl groups is 1. The van der Waals surface area contributed by atoms with Crippen LogP contribution in [-0.4, -0.2) is 21.7 Å². The zero-order valence-corrected chi connectivity index (χ0v) is 10.6. The van der Waals surface area contributed by atoms with Gasteiger partial charge in [0.2, 0.25) is 0 Å². The molecule has 0 radical (unpaired) electrons. The molecule has 2 aromatic carbocycles. The Morgan fingerprint density at radius 3 is 2.63 bits per heavy atom. The molecule has 2 N–H and O–H groups in total. The molecule has 1 aromatic heterocycles. The van der Waals surface area contributed by atoms with Crippen LogP contribution in [0, 0.1) is 0 Å². The van der Waals surface area contributed by atoms with Crippen molar-refractivity contribution >= 4 is 11.0 Å². The van der Waals surface area contributed by atoms with Crippen molar-refractivity contribution in [2.24, 2.45) is 0 Å². The molecule has 0 amide bonds. The first-order chi connectivity index (χ1) is 9.36. The number of imidazole rings is 1. The van der Waals surface area contributed by atoms with Gasteiger partial charge in [0.25, 0.3) is 0 Å². The van der Waals surface area contributed by atoms with E-state index in [1.54, 1.807) is 0 Å². The number of benzene rings is 2. The normalized spacial score (nSPS) is 11.0. The molecule has 0 unspecified atom stereocenters. The molecule has 0 fully saturated rings. The molecule has 3 aromatic rings. The van der Waals surface area contributed by atoms with Gasteiger partial charge in [-0.3, -0.25) is 0 Å². The van der Waals surface area contributed by atoms with Crippen molar-refractivity contribution in [1.82, 2.24) is 9.97 Å². The molecule has 3 rings (SSSR count). The standard InChI is InChI=1S/C16H16N2O/c19-10-4-7-16-17-14-9-8-13(11-15(14)18-16)12-5-2-1-3-6-12/h1-3,5-6,8-9,11,19H,4,7,10H2,(H,17,18). The molecule has 1 heterocycles. The van der Waals surface area contributed by atoms with E-state index in [1.807, 2.05) is 24.3 Å². The van der Waals surface area contributed by atoms with Gasteiger partial charge in [0.05, 0.1) is 11.0 Å². The highest BCUT2D eigenvalue weighted by Crippen LogP contribution is 2.23. The van der Waals surface area contributed by atoms with Crippen molar-refractivity contribution in [2.75, 3.05) is 6.61 Å². The maximum Gasteiger partial charge on any atom is 0.107 e. The first kappa shape index (κ1) is 11.9. The first-order valence-corrected chi connectivity index (χ1v) is 6.52. The minimum Gasteiger partial charge on any atom is -0.396 e. The van der Waals surface area contributed by atoms with Gasteiger partial charge in [0.15, 0.2) is 0 Å². The van der Waals surface area contributed by atoms with E-state index in [4.69, 9.17) is 5.11 Å². The summed E-state index contributed by atoms with van der Waals surface area (Å²) in [6.07, 6.45) is 1.53. The highest BCUT2D eigenvalue weighted by Gasteiger charge is 2.04. The fraction of sp³-hybridized carbons (Fsp3) is 0.188. The molecular formula is C16H16N2O. The second-order valence-corrected chi connectivity index (χ2v) is 4.61.